The molecule has 0 aliphatic heterocycles. The van der Waals surface area contributed by atoms with Crippen LogP contribution in [0.4, 0.5) is 0 Å². The van der Waals surface area contributed by atoms with Gasteiger partial charge in [0.1, 0.15) is 11.3 Å². The molecular weight excluding hydrogens is 330 g/mol. The molecule has 4 N–H and O–H groups in total. The summed E-state index contributed by atoms with van der Waals surface area (Å²) in [5.41, 5.74) is 9.04. The molecule has 4 rings (SSSR count). The average Bonchev–Trinajstić information content (AvgIpc) is 3.34. The molecule has 0 aliphatic rings. The van der Waals surface area contributed by atoms with Crippen LogP contribution in [-0.2, 0) is 4.74 Å². The van der Waals surface area contributed by atoms with E-state index in [0.29, 0.717) is 5.71 Å². The van der Waals surface area contributed by atoms with Crippen LogP contribution in [0.25, 0.3) is 11.3 Å². The molecule has 0 bridgehead atoms. The zero-order valence-corrected chi connectivity index (χ0v) is 14.3. The molecular formula is C18H19N7O. The molecule has 26 heavy (non-hydrogen) atoms. The number of methoxy groups -OCH3 is 1. The molecule has 0 saturated carbocycles. The fraction of sp³-hybridized carbons (Fsp3) is 0.111. The number of fused-ring (bicyclic) bond motifs is 2. The number of aromatic nitrogens is 4. The molecule has 0 spiro atoms. The van der Waals surface area contributed by atoms with Gasteiger partial charge in [0, 0.05) is 54.9 Å². The number of hydrogen-bond acceptors (Lipinski definition) is 6. The fourth-order valence-electron chi connectivity index (χ4n) is 2.39. The van der Waals surface area contributed by atoms with E-state index in [-0.39, 0.29) is 12.4 Å². The third-order valence-electron chi connectivity index (χ3n) is 3.81. The zero-order chi connectivity index (χ0) is 18.5. The summed E-state index contributed by atoms with van der Waals surface area (Å²) in [6.07, 6.45) is 10.9. The summed E-state index contributed by atoms with van der Waals surface area (Å²) >= 11 is 0. The van der Waals surface area contributed by atoms with Crippen molar-refractivity contribution in [1.29, 1.82) is 10.8 Å². The van der Waals surface area contributed by atoms with E-state index in [2.05, 4.69) is 9.97 Å². The molecule has 0 aliphatic carbocycles. The smallest absolute Gasteiger partial charge is 0.213 e. The lowest BCUT2D eigenvalue weighted by molar-refractivity contribution is 0.401. The maximum atomic E-state index is 7.54. The van der Waals surface area contributed by atoms with Gasteiger partial charge in [-0.1, -0.05) is 0 Å². The van der Waals surface area contributed by atoms with Crippen molar-refractivity contribution in [2.75, 3.05) is 13.7 Å². The molecule has 0 amide bonds. The maximum absolute atomic E-state index is 7.54. The largest absolute Gasteiger partial charge is 0.481 e. The van der Waals surface area contributed by atoms with Crippen LogP contribution < -0.4 is 5.73 Å². The Morgan fingerprint density at radius 1 is 0.962 bits per heavy atom. The minimum Gasteiger partial charge on any atom is -0.481 e. The summed E-state index contributed by atoms with van der Waals surface area (Å²) in [5.74, 6) is 0.158. The Labute approximate surface area is 149 Å². The minimum atomic E-state index is 0.158. The highest BCUT2D eigenvalue weighted by Crippen LogP contribution is 2.06. The highest BCUT2D eigenvalue weighted by molar-refractivity contribution is 6.00. The monoisotopic (exact) mass is 349 g/mol. The third kappa shape index (κ3) is 3.60. The predicted molar refractivity (Wildman–Crippen MR) is 100 cm³/mol. The first-order valence-electron chi connectivity index (χ1n) is 7.88. The average molecular weight is 349 g/mol. The molecule has 0 radical (unpaired) electrons. The lowest BCUT2D eigenvalue weighted by Crippen LogP contribution is -2.13. The van der Waals surface area contributed by atoms with Crippen molar-refractivity contribution < 1.29 is 4.74 Å². The Kier molecular flexibility index (Phi) is 5.04. The molecule has 4 heterocycles. The van der Waals surface area contributed by atoms with Crippen LogP contribution in [0, 0.1) is 10.8 Å². The second kappa shape index (κ2) is 7.58. The SMILES string of the molecule is COC(=N)c1ccn2ccnc2c1.N=C(CN)c1ccn2ccnc2c1. The van der Waals surface area contributed by atoms with E-state index in [9.17, 15) is 0 Å². The van der Waals surface area contributed by atoms with E-state index >= 15 is 0 Å². The minimum absolute atomic E-state index is 0.158. The first-order chi connectivity index (χ1) is 12.6. The second-order valence-corrected chi connectivity index (χ2v) is 5.43. The van der Waals surface area contributed by atoms with E-state index in [0.717, 1.165) is 22.4 Å². The second-order valence-electron chi connectivity index (χ2n) is 5.43. The van der Waals surface area contributed by atoms with Crippen LogP contribution in [0.2, 0.25) is 0 Å². The number of nitrogens with one attached hydrogen (secondary N) is 2. The van der Waals surface area contributed by atoms with Gasteiger partial charge in [-0.2, -0.15) is 0 Å². The third-order valence-corrected chi connectivity index (χ3v) is 3.81. The normalized spacial score (nSPS) is 10.4. The van der Waals surface area contributed by atoms with Crippen molar-refractivity contribution in [3.8, 4) is 0 Å². The summed E-state index contributed by atoms with van der Waals surface area (Å²) in [6.45, 7) is 0.261. The first-order valence-corrected chi connectivity index (χ1v) is 7.88. The lowest BCUT2D eigenvalue weighted by Gasteiger charge is -2.01. The molecule has 4 aromatic heterocycles. The molecule has 0 unspecified atom stereocenters. The van der Waals surface area contributed by atoms with Crippen LogP contribution in [0.1, 0.15) is 11.1 Å². The lowest BCUT2D eigenvalue weighted by atomic mass is 10.1. The van der Waals surface area contributed by atoms with Crippen molar-refractivity contribution in [2.45, 2.75) is 0 Å². The number of imidazole rings is 2. The first kappa shape index (κ1) is 17.3. The summed E-state index contributed by atoms with van der Waals surface area (Å²) in [5, 5.41) is 15.0. The van der Waals surface area contributed by atoms with Crippen LogP contribution in [0.5, 0.6) is 0 Å². The van der Waals surface area contributed by atoms with Gasteiger partial charge in [-0.05, 0) is 24.3 Å². The molecule has 8 heteroatoms. The van der Waals surface area contributed by atoms with E-state index in [4.69, 9.17) is 21.3 Å². The number of rotatable bonds is 3. The topological polar surface area (TPSA) is 118 Å². The van der Waals surface area contributed by atoms with Gasteiger partial charge in [0.2, 0.25) is 5.90 Å². The van der Waals surface area contributed by atoms with Gasteiger partial charge in [-0.3, -0.25) is 5.41 Å². The fourth-order valence-corrected chi connectivity index (χ4v) is 2.39. The van der Waals surface area contributed by atoms with E-state index in [1.165, 1.54) is 7.11 Å². The zero-order valence-electron chi connectivity index (χ0n) is 14.3. The van der Waals surface area contributed by atoms with Crippen molar-refractivity contribution >= 4 is 22.9 Å². The summed E-state index contributed by atoms with van der Waals surface area (Å²) in [6, 6.07) is 7.35. The van der Waals surface area contributed by atoms with Gasteiger partial charge >= 0.3 is 0 Å². The summed E-state index contributed by atoms with van der Waals surface area (Å²) in [4.78, 5) is 8.23. The Morgan fingerprint density at radius 2 is 1.50 bits per heavy atom. The Hall–Kier alpha value is -3.52. The van der Waals surface area contributed by atoms with Gasteiger partial charge < -0.3 is 24.7 Å². The van der Waals surface area contributed by atoms with Crippen molar-refractivity contribution in [2.24, 2.45) is 5.73 Å². The number of nitrogens with zero attached hydrogens (tertiary/aromatic N) is 4. The molecule has 0 atom stereocenters. The van der Waals surface area contributed by atoms with E-state index < -0.39 is 0 Å². The Bertz CT molecular complexity index is 977. The summed E-state index contributed by atoms with van der Waals surface area (Å²) < 4.78 is 8.59. The maximum Gasteiger partial charge on any atom is 0.213 e. The van der Waals surface area contributed by atoms with Crippen LogP contribution in [0.15, 0.2) is 61.4 Å². The van der Waals surface area contributed by atoms with Crippen LogP contribution in [-0.4, -0.2) is 44.0 Å². The quantitative estimate of drug-likeness (QED) is 0.387. The molecule has 0 fully saturated rings. The molecule has 0 aromatic carbocycles. The number of ether oxygens (including phenoxy) is 1. The van der Waals surface area contributed by atoms with Crippen LogP contribution in [0.3, 0.4) is 0 Å². The van der Waals surface area contributed by atoms with Crippen molar-refractivity contribution in [1.82, 2.24) is 18.8 Å². The Balaban J connectivity index is 0.000000151. The number of pyridine rings is 2. The molecule has 8 nitrogen and oxygen atoms in total. The molecule has 0 saturated heterocycles. The van der Waals surface area contributed by atoms with Crippen molar-refractivity contribution in [3.05, 3.63) is 72.6 Å². The van der Waals surface area contributed by atoms with Crippen LogP contribution >= 0.6 is 0 Å². The van der Waals surface area contributed by atoms with Gasteiger partial charge in [0.15, 0.2) is 0 Å². The van der Waals surface area contributed by atoms with Gasteiger partial charge in [-0.25, -0.2) is 9.97 Å². The number of nitrogens with two attached hydrogens (primary N) is 1. The highest BCUT2D eigenvalue weighted by atomic mass is 16.5. The molecule has 4 aromatic rings. The van der Waals surface area contributed by atoms with Crippen molar-refractivity contribution in [3.63, 3.8) is 0 Å². The Morgan fingerprint density at radius 3 is 2.04 bits per heavy atom. The highest BCUT2D eigenvalue weighted by Gasteiger charge is 2.02. The predicted octanol–water partition coefficient (Wildman–Crippen LogP) is 1.97. The summed E-state index contributed by atoms with van der Waals surface area (Å²) in [7, 11) is 1.48. The molecule has 132 valence electrons. The standard InChI is InChI=1S/C9H10N4.C9H9N3O/c10-6-8(11)7-1-3-13-4-2-12-9(13)5-7;1-13-9(10)7-2-4-12-5-3-11-8(12)6-7/h1-5,11H,6,10H2;2-6,10H,1H3. The van der Waals surface area contributed by atoms with Gasteiger partial charge in [0.05, 0.1) is 12.8 Å². The van der Waals surface area contributed by atoms with Gasteiger partial charge in [0.25, 0.3) is 0 Å². The number of hydrogen-bond donors (Lipinski definition) is 3. The van der Waals surface area contributed by atoms with E-state index in [1.54, 1.807) is 12.4 Å². The van der Waals surface area contributed by atoms with Gasteiger partial charge in [-0.15, -0.1) is 0 Å². The van der Waals surface area contributed by atoms with E-state index in [1.807, 2.05) is 57.9 Å².